The number of aliphatic hydroxyl groups is 4. The molecular weight excluding hydrogens is 782 g/mol. The minimum Gasteiger partial charge on any atom is -0.394 e. The van der Waals surface area contributed by atoms with E-state index in [1.807, 2.05) is 0 Å². The number of unbranched alkanes of at least 4 members (excludes halogenated alkanes) is 14. The molecule has 0 aromatic rings. The van der Waals surface area contributed by atoms with Crippen LogP contribution in [0.5, 0.6) is 0 Å². The molecule has 7 amide bonds. The molecular formula is C41H75N7O12. The summed E-state index contributed by atoms with van der Waals surface area (Å²) in [6, 6.07) is -3.52. The zero-order chi connectivity index (χ0) is 44.9. The van der Waals surface area contributed by atoms with E-state index in [1.165, 1.54) is 26.2 Å². The highest BCUT2D eigenvalue weighted by molar-refractivity contribution is 5.95. The first-order valence-electron chi connectivity index (χ1n) is 22.0. The number of carbonyl (C=O) groups is 7. The maximum absolute atomic E-state index is 13.7. The summed E-state index contributed by atoms with van der Waals surface area (Å²) in [6.45, 7) is 3.89. The maximum Gasteiger partial charge on any atom is 0.245 e. The number of carbonyl (C=O) groups excluding carboxylic acids is 7. The Morgan fingerprint density at radius 2 is 1.00 bits per heavy atom. The Bertz CT molecular complexity index is 1310. The number of hydrogen-bond acceptors (Lipinski definition) is 12. The van der Waals surface area contributed by atoms with Gasteiger partial charge in [-0.05, 0) is 19.8 Å². The van der Waals surface area contributed by atoms with Crippen LogP contribution in [0.2, 0.25) is 0 Å². The van der Waals surface area contributed by atoms with Gasteiger partial charge in [0, 0.05) is 12.8 Å². The van der Waals surface area contributed by atoms with Crippen LogP contribution in [-0.4, -0.2) is 130 Å². The van der Waals surface area contributed by atoms with Crippen molar-refractivity contribution < 1.29 is 58.7 Å². The molecule has 0 saturated carbocycles. The summed E-state index contributed by atoms with van der Waals surface area (Å²) in [4.78, 5) is 89.0. The topological polar surface area (TPSA) is 308 Å². The molecule has 12 N–H and O–H groups in total. The van der Waals surface area contributed by atoms with Gasteiger partial charge in [-0.15, -0.1) is 0 Å². The van der Waals surface area contributed by atoms with Crippen molar-refractivity contribution in [2.24, 2.45) is 5.73 Å². The van der Waals surface area contributed by atoms with Gasteiger partial charge < -0.3 is 62.8 Å². The average Bonchev–Trinajstić information content (AvgIpc) is 3.22. The molecule has 60 heavy (non-hydrogen) atoms. The highest BCUT2D eigenvalue weighted by Crippen LogP contribution is 2.20. The number of hydrogen-bond donors (Lipinski definition) is 11. The first-order valence-corrected chi connectivity index (χ1v) is 22.0. The van der Waals surface area contributed by atoms with E-state index in [-0.39, 0.29) is 6.42 Å². The van der Waals surface area contributed by atoms with Crippen LogP contribution in [0, 0.1) is 0 Å². The highest BCUT2D eigenvalue weighted by atomic mass is 16.5. The maximum atomic E-state index is 13.7. The van der Waals surface area contributed by atoms with E-state index < -0.39 is 123 Å². The third-order valence-electron chi connectivity index (χ3n) is 10.4. The van der Waals surface area contributed by atoms with Gasteiger partial charge in [-0.1, -0.05) is 117 Å². The van der Waals surface area contributed by atoms with Crippen molar-refractivity contribution in [1.29, 1.82) is 0 Å². The molecule has 346 valence electrons. The number of ether oxygens (including phenoxy) is 1. The standard InChI is InChI=1S/C41H75N7O12/c1-4-6-8-10-12-14-16-18-20-28(38(57)43-24-31(42)50)47-40(59)29(21-19-17-15-13-11-9-7-5-2)45-34(53)25-44-39(58)30(26-49)46-32(51)22-23-33(52)48-41-37(56)36(55)35(54)27(3)60-41/h27-30,35-37,41,49,54-56H,4-26H2,1-3H3,(H2,42,50)(H,43,57)(H,44,58)(H,45,53)(H,46,51)(H,47,59)(H,48,52)/t27-,28?,29?,30?,35-,36+,37+,41-/m0/s1. The molecule has 1 aliphatic rings. The van der Waals surface area contributed by atoms with E-state index in [2.05, 4.69) is 45.7 Å². The van der Waals surface area contributed by atoms with Crippen molar-refractivity contribution in [3.8, 4) is 0 Å². The molecule has 0 aromatic carbocycles. The first-order chi connectivity index (χ1) is 28.6. The zero-order valence-electron chi connectivity index (χ0n) is 36.0. The molecule has 0 spiro atoms. The summed E-state index contributed by atoms with van der Waals surface area (Å²) in [5.74, 6) is -5.08. The minimum atomic E-state index is -1.62. The fourth-order valence-corrected chi connectivity index (χ4v) is 6.70. The quantitative estimate of drug-likeness (QED) is 0.0387. The van der Waals surface area contributed by atoms with Crippen LogP contribution in [0.4, 0.5) is 0 Å². The van der Waals surface area contributed by atoms with Crippen molar-refractivity contribution in [3.63, 3.8) is 0 Å². The highest BCUT2D eigenvalue weighted by Gasteiger charge is 2.42. The number of rotatable bonds is 33. The molecule has 8 atom stereocenters. The summed E-state index contributed by atoms with van der Waals surface area (Å²) in [5.41, 5.74) is 5.23. The van der Waals surface area contributed by atoms with Gasteiger partial charge >= 0.3 is 0 Å². The van der Waals surface area contributed by atoms with E-state index in [9.17, 15) is 54.0 Å². The van der Waals surface area contributed by atoms with E-state index in [0.717, 1.165) is 70.6 Å². The molecule has 1 heterocycles. The van der Waals surface area contributed by atoms with Gasteiger partial charge in [0.2, 0.25) is 41.4 Å². The first kappa shape index (κ1) is 54.1. The van der Waals surface area contributed by atoms with E-state index in [0.29, 0.717) is 19.3 Å². The normalized spacial score (nSPS) is 20.2. The van der Waals surface area contributed by atoms with E-state index in [4.69, 9.17) is 10.5 Å². The van der Waals surface area contributed by atoms with Crippen molar-refractivity contribution in [3.05, 3.63) is 0 Å². The summed E-state index contributed by atoms with van der Waals surface area (Å²) >= 11 is 0. The van der Waals surface area contributed by atoms with Crippen LogP contribution in [0.15, 0.2) is 0 Å². The predicted octanol–water partition coefficient (Wildman–Crippen LogP) is -0.0637. The second kappa shape index (κ2) is 31.9. The lowest BCUT2D eigenvalue weighted by molar-refractivity contribution is -0.224. The zero-order valence-corrected chi connectivity index (χ0v) is 36.0. The Labute approximate surface area is 354 Å². The predicted molar refractivity (Wildman–Crippen MR) is 222 cm³/mol. The number of primary amides is 1. The van der Waals surface area contributed by atoms with Crippen LogP contribution in [0.1, 0.15) is 149 Å². The fourth-order valence-electron chi connectivity index (χ4n) is 6.70. The van der Waals surface area contributed by atoms with Crippen LogP contribution < -0.4 is 37.6 Å². The number of aliphatic hydroxyl groups excluding tert-OH is 4. The lowest BCUT2D eigenvalue weighted by Crippen LogP contribution is -2.61. The van der Waals surface area contributed by atoms with Gasteiger partial charge in [-0.3, -0.25) is 33.6 Å². The van der Waals surface area contributed by atoms with Crippen LogP contribution in [0.3, 0.4) is 0 Å². The number of nitrogens with one attached hydrogen (secondary N) is 6. The Balaban J connectivity index is 2.82. The lowest BCUT2D eigenvalue weighted by Gasteiger charge is -2.39. The second-order valence-electron chi connectivity index (χ2n) is 15.7. The van der Waals surface area contributed by atoms with Crippen LogP contribution in [0.25, 0.3) is 0 Å². The summed E-state index contributed by atoms with van der Waals surface area (Å²) in [5, 5.41) is 54.4. The Morgan fingerprint density at radius 3 is 1.52 bits per heavy atom. The molecule has 3 unspecified atom stereocenters. The Kier molecular flexibility index (Phi) is 28.8. The molecule has 1 fully saturated rings. The monoisotopic (exact) mass is 858 g/mol. The van der Waals surface area contributed by atoms with Crippen molar-refractivity contribution in [1.82, 2.24) is 31.9 Å². The van der Waals surface area contributed by atoms with Gasteiger partial charge in [0.1, 0.15) is 36.4 Å². The summed E-state index contributed by atoms with van der Waals surface area (Å²) in [7, 11) is 0. The van der Waals surface area contributed by atoms with Gasteiger partial charge in [-0.2, -0.15) is 0 Å². The van der Waals surface area contributed by atoms with Crippen molar-refractivity contribution in [2.45, 2.75) is 198 Å². The molecule has 1 aliphatic heterocycles. The minimum absolute atomic E-state index is 0.254. The van der Waals surface area contributed by atoms with Gasteiger partial charge in [0.15, 0.2) is 6.23 Å². The molecule has 0 aliphatic carbocycles. The summed E-state index contributed by atoms with van der Waals surface area (Å²) in [6.07, 6.45) is 9.11. The largest absolute Gasteiger partial charge is 0.394 e. The van der Waals surface area contributed by atoms with Gasteiger partial charge in [0.25, 0.3) is 0 Å². The smallest absolute Gasteiger partial charge is 0.245 e. The Hall–Kier alpha value is -3.91. The van der Waals surface area contributed by atoms with Crippen molar-refractivity contribution in [2.75, 3.05) is 19.7 Å². The fraction of sp³-hybridized carbons (Fsp3) is 0.829. The number of amides is 7. The summed E-state index contributed by atoms with van der Waals surface area (Å²) < 4.78 is 5.31. The van der Waals surface area contributed by atoms with Gasteiger partial charge in [0.05, 0.1) is 25.8 Å². The van der Waals surface area contributed by atoms with Crippen LogP contribution in [-0.2, 0) is 38.3 Å². The molecule has 0 bridgehead atoms. The van der Waals surface area contributed by atoms with Crippen LogP contribution >= 0.6 is 0 Å². The van der Waals surface area contributed by atoms with E-state index >= 15 is 0 Å². The molecule has 0 radical (unpaired) electrons. The lowest BCUT2D eigenvalue weighted by atomic mass is 9.99. The Morgan fingerprint density at radius 1 is 0.550 bits per heavy atom. The molecule has 19 heteroatoms. The number of nitrogens with two attached hydrogens (primary N) is 1. The average molecular weight is 858 g/mol. The third kappa shape index (κ3) is 23.2. The van der Waals surface area contributed by atoms with Gasteiger partial charge in [-0.25, -0.2) is 0 Å². The molecule has 1 rings (SSSR count). The van der Waals surface area contributed by atoms with E-state index in [1.54, 1.807) is 0 Å². The third-order valence-corrected chi connectivity index (χ3v) is 10.4. The molecule has 19 nitrogen and oxygen atoms in total. The second-order valence-corrected chi connectivity index (χ2v) is 15.7. The molecule has 0 aromatic heterocycles. The van der Waals surface area contributed by atoms with Crippen molar-refractivity contribution >= 4 is 41.4 Å². The SMILES string of the molecule is CCCCCCCCCCC(NC(=O)CNC(=O)C(CO)NC(=O)CCC(=O)N[C@H]1O[C@@H](C)[C@H](O)[C@@H](O)[C@H]1O)C(=O)NC(CCCCCCCCCC)C(=O)NCC(N)=O. The molecule has 1 saturated heterocycles.